The van der Waals surface area contributed by atoms with E-state index in [9.17, 15) is 9.90 Å². The average molecular weight is 276 g/mol. The van der Waals surface area contributed by atoms with Gasteiger partial charge in [0.1, 0.15) is 5.78 Å². The number of aliphatic hydroxyl groups is 1. The summed E-state index contributed by atoms with van der Waals surface area (Å²) in [6, 6.07) is 0. The van der Waals surface area contributed by atoms with Crippen LogP contribution in [-0.4, -0.2) is 17.0 Å². The molecule has 2 heteroatoms. The van der Waals surface area contributed by atoms with Crippen LogP contribution in [0.15, 0.2) is 0 Å². The second-order valence-corrected chi connectivity index (χ2v) is 8.32. The van der Waals surface area contributed by atoms with Crippen LogP contribution in [0.4, 0.5) is 0 Å². The Morgan fingerprint density at radius 2 is 1.80 bits per heavy atom. The van der Waals surface area contributed by atoms with Crippen LogP contribution in [0.3, 0.4) is 0 Å². The maximum absolute atomic E-state index is 12.3. The molecule has 20 heavy (non-hydrogen) atoms. The van der Waals surface area contributed by atoms with E-state index in [1.165, 1.54) is 25.7 Å². The number of rotatable bonds is 0. The van der Waals surface area contributed by atoms with Crippen LogP contribution in [0.1, 0.15) is 64.7 Å². The lowest BCUT2D eigenvalue weighted by Gasteiger charge is -2.54. The van der Waals surface area contributed by atoms with Crippen LogP contribution in [0.5, 0.6) is 0 Å². The number of carbonyl (C=O) groups is 1. The van der Waals surface area contributed by atoms with Gasteiger partial charge in [0, 0.05) is 11.8 Å². The Hall–Kier alpha value is -0.370. The lowest BCUT2D eigenvalue weighted by molar-refractivity contribution is -0.133. The van der Waals surface area contributed by atoms with Crippen molar-refractivity contribution >= 4 is 5.78 Å². The molecule has 0 aliphatic heterocycles. The van der Waals surface area contributed by atoms with E-state index in [1.807, 2.05) is 0 Å². The molecule has 2 nitrogen and oxygen atoms in total. The molecule has 0 aromatic heterocycles. The highest BCUT2D eigenvalue weighted by molar-refractivity contribution is 5.87. The topological polar surface area (TPSA) is 37.3 Å². The van der Waals surface area contributed by atoms with Crippen LogP contribution in [0, 0.1) is 35.0 Å². The van der Waals surface area contributed by atoms with E-state index >= 15 is 0 Å². The van der Waals surface area contributed by atoms with Gasteiger partial charge in [0.25, 0.3) is 0 Å². The SMILES string of the molecule is C[C@]12CCC3C4CCC(O)CC4CCC3C1CCC2=O. The normalized spacial score (nSPS) is 55.0. The Morgan fingerprint density at radius 3 is 2.65 bits per heavy atom. The number of fused-ring (bicyclic) bond motifs is 5. The van der Waals surface area contributed by atoms with E-state index in [1.54, 1.807) is 0 Å². The molecule has 0 saturated heterocycles. The van der Waals surface area contributed by atoms with Crippen molar-refractivity contribution in [2.45, 2.75) is 70.8 Å². The van der Waals surface area contributed by atoms with Gasteiger partial charge in [0.2, 0.25) is 0 Å². The number of ketones is 1. The van der Waals surface area contributed by atoms with Gasteiger partial charge >= 0.3 is 0 Å². The first-order valence-electron chi connectivity index (χ1n) is 8.81. The van der Waals surface area contributed by atoms with Crippen molar-refractivity contribution in [2.24, 2.45) is 35.0 Å². The molecule has 0 aromatic rings. The van der Waals surface area contributed by atoms with Crippen molar-refractivity contribution in [3.8, 4) is 0 Å². The van der Waals surface area contributed by atoms with Gasteiger partial charge in [-0.25, -0.2) is 0 Å². The fourth-order valence-electron chi connectivity index (χ4n) is 6.60. The standard InChI is InChI=1S/C18H28O2/c1-18-9-8-14-13-5-3-12(19)10-11(13)2-4-15(14)16(18)6-7-17(18)20/h11-16,19H,2-10H2,1H3/t11?,12?,13?,14?,15?,16?,18-/m0/s1. The molecule has 1 N–H and O–H groups in total. The number of aliphatic hydroxyl groups excluding tert-OH is 1. The first-order chi connectivity index (χ1) is 9.59. The van der Waals surface area contributed by atoms with E-state index in [0.29, 0.717) is 11.7 Å². The van der Waals surface area contributed by atoms with E-state index < -0.39 is 0 Å². The predicted molar refractivity (Wildman–Crippen MR) is 78.1 cm³/mol. The van der Waals surface area contributed by atoms with Crippen molar-refractivity contribution in [1.29, 1.82) is 0 Å². The molecule has 0 radical (unpaired) electrons. The van der Waals surface area contributed by atoms with E-state index in [2.05, 4.69) is 6.92 Å². The number of Topliss-reactive ketones (excluding diaryl/α,β-unsaturated/α-hetero) is 1. The summed E-state index contributed by atoms with van der Waals surface area (Å²) in [6.45, 7) is 2.26. The van der Waals surface area contributed by atoms with Gasteiger partial charge in [0.05, 0.1) is 6.10 Å². The molecule has 4 fully saturated rings. The van der Waals surface area contributed by atoms with Gasteiger partial charge in [-0.3, -0.25) is 4.79 Å². The lowest BCUT2D eigenvalue weighted by Crippen LogP contribution is -2.49. The third kappa shape index (κ3) is 1.76. The van der Waals surface area contributed by atoms with Crippen molar-refractivity contribution in [2.75, 3.05) is 0 Å². The van der Waals surface area contributed by atoms with Crippen LogP contribution in [0.25, 0.3) is 0 Å². The Balaban J connectivity index is 1.58. The molecule has 4 aliphatic rings. The van der Waals surface area contributed by atoms with Crippen molar-refractivity contribution < 1.29 is 9.90 Å². The smallest absolute Gasteiger partial charge is 0.139 e. The summed E-state index contributed by atoms with van der Waals surface area (Å²) in [5, 5.41) is 9.93. The maximum atomic E-state index is 12.3. The largest absolute Gasteiger partial charge is 0.393 e. The third-order valence-electron chi connectivity index (χ3n) is 7.64. The Morgan fingerprint density at radius 1 is 1.00 bits per heavy atom. The zero-order chi connectivity index (χ0) is 13.9. The fourth-order valence-corrected chi connectivity index (χ4v) is 6.60. The minimum atomic E-state index is -0.0327. The summed E-state index contributed by atoms with van der Waals surface area (Å²) in [7, 11) is 0. The molecule has 0 bridgehead atoms. The first kappa shape index (κ1) is 13.3. The van der Waals surface area contributed by atoms with Gasteiger partial charge in [-0.05, 0) is 81.0 Å². The number of hydrogen-bond donors (Lipinski definition) is 1. The summed E-state index contributed by atoms with van der Waals surface area (Å²) < 4.78 is 0. The molecule has 0 heterocycles. The third-order valence-corrected chi connectivity index (χ3v) is 7.64. The molecule has 0 aromatic carbocycles. The monoisotopic (exact) mass is 276 g/mol. The predicted octanol–water partition coefficient (Wildman–Crippen LogP) is 3.57. The zero-order valence-corrected chi connectivity index (χ0v) is 12.7. The van der Waals surface area contributed by atoms with Gasteiger partial charge < -0.3 is 5.11 Å². The number of carbonyl (C=O) groups excluding carboxylic acids is 1. The van der Waals surface area contributed by atoms with E-state index in [0.717, 1.165) is 55.8 Å². The van der Waals surface area contributed by atoms with Crippen LogP contribution < -0.4 is 0 Å². The molecule has 7 atom stereocenters. The summed E-state index contributed by atoms with van der Waals surface area (Å²) in [5.41, 5.74) is 0.0299. The van der Waals surface area contributed by atoms with Crippen molar-refractivity contribution in [3.63, 3.8) is 0 Å². The molecule has 4 rings (SSSR count). The summed E-state index contributed by atoms with van der Waals surface area (Å²) >= 11 is 0. The summed E-state index contributed by atoms with van der Waals surface area (Å²) in [4.78, 5) is 12.3. The molecule has 0 amide bonds. The minimum absolute atomic E-state index is 0.0299. The minimum Gasteiger partial charge on any atom is -0.393 e. The second-order valence-electron chi connectivity index (χ2n) is 8.32. The molecule has 112 valence electrons. The van der Waals surface area contributed by atoms with E-state index in [-0.39, 0.29) is 11.5 Å². The fraction of sp³-hybridized carbons (Fsp3) is 0.944. The molecule has 4 aliphatic carbocycles. The van der Waals surface area contributed by atoms with Gasteiger partial charge in [0.15, 0.2) is 0 Å². The summed E-state index contributed by atoms with van der Waals surface area (Å²) in [5.74, 6) is 4.56. The van der Waals surface area contributed by atoms with Crippen LogP contribution in [0.2, 0.25) is 0 Å². The first-order valence-corrected chi connectivity index (χ1v) is 8.81. The highest BCUT2D eigenvalue weighted by Crippen LogP contribution is 2.61. The Labute approximate surface area is 122 Å². The number of hydrogen-bond acceptors (Lipinski definition) is 2. The average Bonchev–Trinajstić information content (AvgIpc) is 2.74. The maximum Gasteiger partial charge on any atom is 0.139 e. The van der Waals surface area contributed by atoms with Gasteiger partial charge in [-0.1, -0.05) is 6.92 Å². The lowest BCUT2D eigenvalue weighted by atomic mass is 9.50. The van der Waals surface area contributed by atoms with Crippen LogP contribution >= 0.6 is 0 Å². The molecule has 6 unspecified atom stereocenters. The molecule has 0 spiro atoms. The quantitative estimate of drug-likeness (QED) is 0.734. The molecular weight excluding hydrogens is 248 g/mol. The van der Waals surface area contributed by atoms with Crippen LogP contribution in [-0.2, 0) is 4.79 Å². The van der Waals surface area contributed by atoms with Crippen molar-refractivity contribution in [1.82, 2.24) is 0 Å². The van der Waals surface area contributed by atoms with Crippen molar-refractivity contribution in [3.05, 3.63) is 0 Å². The molecular formula is C18H28O2. The Kier molecular flexibility index (Phi) is 3.03. The highest BCUT2D eigenvalue weighted by atomic mass is 16.3. The zero-order valence-electron chi connectivity index (χ0n) is 12.7. The van der Waals surface area contributed by atoms with E-state index in [4.69, 9.17) is 0 Å². The Bertz CT molecular complexity index is 418. The van der Waals surface area contributed by atoms with Gasteiger partial charge in [-0.15, -0.1) is 0 Å². The second kappa shape index (κ2) is 4.56. The summed E-state index contributed by atoms with van der Waals surface area (Å²) in [6.07, 6.45) is 10.3. The van der Waals surface area contributed by atoms with Gasteiger partial charge in [-0.2, -0.15) is 0 Å². The highest BCUT2D eigenvalue weighted by Gasteiger charge is 2.56. The molecule has 4 saturated carbocycles.